The summed E-state index contributed by atoms with van der Waals surface area (Å²) in [6.45, 7) is 4.08. The summed E-state index contributed by atoms with van der Waals surface area (Å²) < 4.78 is 5.47. The fraction of sp³-hybridized carbons (Fsp3) is 0.333. The van der Waals surface area contributed by atoms with Gasteiger partial charge in [0.2, 0.25) is 5.91 Å². The summed E-state index contributed by atoms with van der Waals surface area (Å²) in [5.74, 6) is 1.60. The van der Waals surface area contributed by atoms with Crippen LogP contribution in [0, 0.1) is 13.8 Å². The lowest BCUT2D eigenvalue weighted by molar-refractivity contribution is -0.115. The first-order valence-corrected chi connectivity index (χ1v) is 6.45. The normalized spacial score (nSPS) is 10.6. The number of aromatic nitrogens is 1. The Balaban J connectivity index is 2.15. The molecule has 0 bridgehead atoms. The predicted molar refractivity (Wildman–Crippen MR) is 71.8 cm³/mol. The fourth-order valence-electron chi connectivity index (χ4n) is 1.66. The average molecular weight is 265 g/mol. The Bertz CT molecular complexity index is 559. The van der Waals surface area contributed by atoms with E-state index < -0.39 is 0 Å². The summed E-state index contributed by atoms with van der Waals surface area (Å²) >= 11 is 1.40. The minimum atomic E-state index is -0.0986. The maximum Gasteiger partial charge on any atom is 0.240 e. The van der Waals surface area contributed by atoms with Gasteiger partial charge in [0.1, 0.15) is 11.5 Å². The summed E-state index contributed by atoms with van der Waals surface area (Å²) in [5.41, 5.74) is 1.80. The van der Waals surface area contributed by atoms with E-state index in [1.165, 1.54) is 11.3 Å². The lowest BCUT2D eigenvalue weighted by atomic mass is 10.2. The molecule has 0 aliphatic heterocycles. The van der Waals surface area contributed by atoms with Crippen molar-refractivity contribution in [2.75, 3.05) is 18.9 Å². The number of nitrogens with one attached hydrogen (secondary N) is 2. The van der Waals surface area contributed by atoms with Gasteiger partial charge < -0.3 is 15.1 Å². The second kappa shape index (κ2) is 5.32. The highest BCUT2D eigenvalue weighted by molar-refractivity contribution is 7.14. The zero-order valence-corrected chi connectivity index (χ0v) is 11.4. The van der Waals surface area contributed by atoms with E-state index >= 15 is 0 Å². The average Bonchev–Trinajstić information content (AvgIpc) is 2.85. The van der Waals surface area contributed by atoms with Crippen LogP contribution in [0.4, 0.5) is 5.13 Å². The van der Waals surface area contributed by atoms with Crippen LogP contribution in [0.2, 0.25) is 0 Å². The van der Waals surface area contributed by atoms with E-state index in [4.69, 9.17) is 4.42 Å². The van der Waals surface area contributed by atoms with Crippen LogP contribution in [0.5, 0.6) is 0 Å². The molecule has 0 aromatic carbocycles. The molecular weight excluding hydrogens is 250 g/mol. The third-order valence-corrected chi connectivity index (χ3v) is 3.16. The molecule has 1 amide bonds. The van der Waals surface area contributed by atoms with Gasteiger partial charge in [0.05, 0.1) is 12.2 Å². The van der Waals surface area contributed by atoms with Gasteiger partial charge in [-0.25, -0.2) is 4.98 Å². The first-order valence-electron chi connectivity index (χ1n) is 5.57. The van der Waals surface area contributed by atoms with Gasteiger partial charge in [0.15, 0.2) is 5.13 Å². The molecule has 0 radical (unpaired) electrons. The van der Waals surface area contributed by atoms with Crippen molar-refractivity contribution in [3.63, 3.8) is 0 Å². The number of carbonyl (C=O) groups is 1. The number of furan rings is 1. The molecule has 18 heavy (non-hydrogen) atoms. The second-order valence-corrected chi connectivity index (χ2v) is 4.80. The maximum atomic E-state index is 11.4. The van der Waals surface area contributed by atoms with E-state index in [0.717, 1.165) is 22.8 Å². The van der Waals surface area contributed by atoms with Gasteiger partial charge in [-0.3, -0.25) is 4.79 Å². The molecule has 0 atom stereocenters. The Labute approximate surface area is 109 Å². The van der Waals surface area contributed by atoms with Crippen molar-refractivity contribution in [1.29, 1.82) is 0 Å². The van der Waals surface area contributed by atoms with Gasteiger partial charge >= 0.3 is 0 Å². The molecule has 5 nitrogen and oxygen atoms in total. The van der Waals surface area contributed by atoms with Crippen LogP contribution in [0.25, 0.3) is 11.3 Å². The maximum absolute atomic E-state index is 11.4. The van der Waals surface area contributed by atoms with Gasteiger partial charge in [-0.2, -0.15) is 0 Å². The lowest BCUT2D eigenvalue weighted by Crippen LogP contribution is -2.24. The molecule has 2 rings (SSSR count). The number of carbonyl (C=O) groups excluding carboxylic acids is 1. The van der Waals surface area contributed by atoms with Crippen LogP contribution in [-0.2, 0) is 4.79 Å². The van der Waals surface area contributed by atoms with Gasteiger partial charge in [-0.1, -0.05) is 0 Å². The molecule has 2 aromatic heterocycles. The molecule has 0 saturated heterocycles. The fourth-order valence-corrected chi connectivity index (χ4v) is 2.39. The molecular formula is C12H15N3O2S. The van der Waals surface area contributed by atoms with Crippen molar-refractivity contribution in [1.82, 2.24) is 10.3 Å². The SMILES string of the molecule is CNCC(=O)Nc1nc(-c2cc(C)oc2C)cs1. The molecule has 2 heterocycles. The third kappa shape index (κ3) is 2.77. The Kier molecular flexibility index (Phi) is 3.78. The second-order valence-electron chi connectivity index (χ2n) is 3.94. The summed E-state index contributed by atoms with van der Waals surface area (Å²) in [4.78, 5) is 15.8. The number of amides is 1. The number of anilines is 1. The highest BCUT2D eigenvalue weighted by Crippen LogP contribution is 2.29. The first-order chi connectivity index (χ1) is 8.60. The standard InChI is InChI=1S/C12H15N3O2S/c1-7-4-9(8(2)17-7)10-6-18-12(14-10)15-11(16)5-13-3/h4,6,13H,5H2,1-3H3,(H,14,15,16). The number of thiazole rings is 1. The van der Waals surface area contributed by atoms with Crippen LogP contribution < -0.4 is 10.6 Å². The molecule has 96 valence electrons. The monoisotopic (exact) mass is 265 g/mol. The van der Waals surface area contributed by atoms with Crippen molar-refractivity contribution in [3.8, 4) is 11.3 Å². The number of likely N-dealkylation sites (N-methyl/N-ethyl adjacent to an activating group) is 1. The lowest BCUT2D eigenvalue weighted by Gasteiger charge is -1.99. The van der Waals surface area contributed by atoms with Crippen LogP contribution in [0.3, 0.4) is 0 Å². The minimum absolute atomic E-state index is 0.0986. The molecule has 2 aromatic rings. The van der Waals surface area contributed by atoms with Crippen molar-refractivity contribution >= 4 is 22.4 Å². The van der Waals surface area contributed by atoms with Gasteiger partial charge in [0, 0.05) is 10.9 Å². The van der Waals surface area contributed by atoms with E-state index in [1.807, 2.05) is 25.3 Å². The van der Waals surface area contributed by atoms with Gasteiger partial charge in [0.25, 0.3) is 0 Å². The van der Waals surface area contributed by atoms with E-state index in [9.17, 15) is 4.79 Å². The Hall–Kier alpha value is -1.66. The summed E-state index contributed by atoms with van der Waals surface area (Å²) in [5, 5.41) is 8.03. The van der Waals surface area contributed by atoms with Crippen LogP contribution in [-0.4, -0.2) is 24.5 Å². The van der Waals surface area contributed by atoms with E-state index in [-0.39, 0.29) is 12.5 Å². The third-order valence-electron chi connectivity index (χ3n) is 2.40. The number of aryl methyl sites for hydroxylation is 2. The number of nitrogens with zero attached hydrogens (tertiary/aromatic N) is 1. The van der Waals surface area contributed by atoms with Crippen molar-refractivity contribution in [3.05, 3.63) is 23.0 Å². The molecule has 2 N–H and O–H groups in total. The number of hydrogen-bond donors (Lipinski definition) is 2. The topological polar surface area (TPSA) is 67.2 Å². The van der Waals surface area contributed by atoms with E-state index in [0.29, 0.717) is 5.13 Å². The molecule has 0 aliphatic carbocycles. The van der Waals surface area contributed by atoms with Crippen LogP contribution >= 0.6 is 11.3 Å². The summed E-state index contributed by atoms with van der Waals surface area (Å²) in [6.07, 6.45) is 0. The van der Waals surface area contributed by atoms with E-state index in [2.05, 4.69) is 15.6 Å². The number of rotatable bonds is 4. The summed E-state index contributed by atoms with van der Waals surface area (Å²) in [6, 6.07) is 1.95. The smallest absolute Gasteiger partial charge is 0.240 e. The van der Waals surface area contributed by atoms with E-state index in [1.54, 1.807) is 7.05 Å². The molecule has 0 spiro atoms. The highest BCUT2D eigenvalue weighted by Gasteiger charge is 2.12. The molecule has 0 unspecified atom stereocenters. The van der Waals surface area contributed by atoms with Crippen molar-refractivity contribution < 1.29 is 9.21 Å². The van der Waals surface area contributed by atoms with Gasteiger partial charge in [-0.05, 0) is 27.0 Å². The Morgan fingerprint density at radius 2 is 2.28 bits per heavy atom. The van der Waals surface area contributed by atoms with Crippen molar-refractivity contribution in [2.45, 2.75) is 13.8 Å². The molecule has 0 fully saturated rings. The van der Waals surface area contributed by atoms with Crippen molar-refractivity contribution in [2.24, 2.45) is 0 Å². The molecule has 0 aliphatic rings. The largest absolute Gasteiger partial charge is 0.466 e. The predicted octanol–water partition coefficient (Wildman–Crippen LogP) is 2.18. The van der Waals surface area contributed by atoms with Crippen LogP contribution in [0.15, 0.2) is 15.9 Å². The summed E-state index contributed by atoms with van der Waals surface area (Å²) in [7, 11) is 1.73. The Morgan fingerprint density at radius 3 is 2.89 bits per heavy atom. The first kappa shape index (κ1) is 12.8. The zero-order valence-electron chi connectivity index (χ0n) is 10.5. The van der Waals surface area contributed by atoms with Gasteiger partial charge in [-0.15, -0.1) is 11.3 Å². The molecule has 0 saturated carbocycles. The highest BCUT2D eigenvalue weighted by atomic mass is 32.1. The quantitative estimate of drug-likeness (QED) is 0.889. The molecule has 6 heteroatoms. The van der Waals surface area contributed by atoms with Crippen LogP contribution in [0.1, 0.15) is 11.5 Å². The Morgan fingerprint density at radius 1 is 1.50 bits per heavy atom. The number of hydrogen-bond acceptors (Lipinski definition) is 5. The minimum Gasteiger partial charge on any atom is -0.466 e. The zero-order chi connectivity index (χ0) is 13.1.